The Hall–Kier alpha value is -4.18. The number of hydrogen-bond donors (Lipinski definition) is 1. The van der Waals surface area contributed by atoms with Gasteiger partial charge in [-0.3, -0.25) is 4.90 Å². The smallest absolute Gasteiger partial charge is 0.115 e. The van der Waals surface area contributed by atoms with Crippen LogP contribution in [0.2, 0.25) is 0 Å². The number of benzene rings is 5. The van der Waals surface area contributed by atoms with Crippen LogP contribution in [-0.4, -0.2) is 22.7 Å². The zero-order valence-corrected chi connectivity index (χ0v) is 21.2. The van der Waals surface area contributed by atoms with E-state index in [0.29, 0.717) is 13.2 Å². The summed E-state index contributed by atoms with van der Waals surface area (Å²) in [6.45, 7) is 1.14. The van der Waals surface area contributed by atoms with E-state index in [2.05, 4.69) is 114 Å². The van der Waals surface area contributed by atoms with Gasteiger partial charge in [0.2, 0.25) is 0 Å². The lowest BCUT2D eigenvalue weighted by atomic mass is 9.76. The summed E-state index contributed by atoms with van der Waals surface area (Å²) in [4.78, 5) is 2.56. The summed E-state index contributed by atoms with van der Waals surface area (Å²) in [5.41, 5.74) is 5.31. The highest BCUT2D eigenvalue weighted by molar-refractivity contribution is 5.53. The fraction of sp³-hybridized carbons (Fsp3) is 0.143. The van der Waals surface area contributed by atoms with Gasteiger partial charge >= 0.3 is 0 Å². The second-order valence-electron chi connectivity index (χ2n) is 9.82. The molecule has 188 valence electrons. The molecule has 0 amide bonds. The van der Waals surface area contributed by atoms with E-state index in [0.717, 1.165) is 11.1 Å². The van der Waals surface area contributed by atoms with Crippen LogP contribution >= 0.6 is 0 Å². The van der Waals surface area contributed by atoms with Crippen molar-refractivity contribution in [2.24, 2.45) is 0 Å². The van der Waals surface area contributed by atoms with Crippen molar-refractivity contribution < 1.29 is 9.84 Å². The fourth-order valence-corrected chi connectivity index (χ4v) is 5.86. The van der Waals surface area contributed by atoms with Crippen LogP contribution in [-0.2, 0) is 16.9 Å². The molecule has 1 N–H and O–H groups in total. The van der Waals surface area contributed by atoms with Gasteiger partial charge in [0, 0.05) is 0 Å². The summed E-state index contributed by atoms with van der Waals surface area (Å²) in [6.07, 6.45) is 0. The molecule has 1 fully saturated rings. The van der Waals surface area contributed by atoms with E-state index in [1.165, 1.54) is 16.7 Å². The zero-order chi connectivity index (χ0) is 25.8. The van der Waals surface area contributed by atoms with E-state index in [1.54, 1.807) is 6.07 Å². The van der Waals surface area contributed by atoms with Crippen molar-refractivity contribution in [2.45, 2.75) is 24.2 Å². The molecule has 1 aliphatic rings. The molecular formula is C35H31NO2. The largest absolute Gasteiger partial charge is 0.508 e. The first-order valence-corrected chi connectivity index (χ1v) is 13.1. The molecule has 0 radical (unpaired) electrons. The van der Waals surface area contributed by atoms with E-state index in [-0.39, 0.29) is 17.8 Å². The van der Waals surface area contributed by atoms with Crippen LogP contribution in [0.1, 0.15) is 33.9 Å². The molecule has 3 atom stereocenters. The van der Waals surface area contributed by atoms with Crippen molar-refractivity contribution in [3.8, 4) is 5.75 Å². The molecule has 0 saturated carbocycles. The Kier molecular flexibility index (Phi) is 6.78. The van der Waals surface area contributed by atoms with Crippen molar-refractivity contribution >= 4 is 0 Å². The van der Waals surface area contributed by atoms with Crippen molar-refractivity contribution in [1.29, 1.82) is 0 Å². The molecule has 0 bridgehead atoms. The van der Waals surface area contributed by atoms with Gasteiger partial charge in [-0.25, -0.2) is 0 Å². The quantitative estimate of drug-likeness (QED) is 0.171. The molecule has 3 unspecified atom stereocenters. The minimum Gasteiger partial charge on any atom is -0.508 e. The van der Waals surface area contributed by atoms with Crippen LogP contribution in [0, 0.1) is 0 Å². The average Bonchev–Trinajstić information content (AvgIpc) is 3.70. The number of ether oxygens (including phenoxy) is 1. The molecule has 5 aromatic rings. The lowest BCUT2D eigenvalue weighted by Gasteiger charge is -2.39. The van der Waals surface area contributed by atoms with Crippen molar-refractivity contribution in [3.63, 3.8) is 0 Å². The van der Waals surface area contributed by atoms with Gasteiger partial charge in [0.1, 0.15) is 5.75 Å². The van der Waals surface area contributed by atoms with E-state index in [4.69, 9.17) is 4.74 Å². The first-order valence-electron chi connectivity index (χ1n) is 13.1. The van der Waals surface area contributed by atoms with Gasteiger partial charge < -0.3 is 9.84 Å². The van der Waals surface area contributed by atoms with Gasteiger partial charge in [0.25, 0.3) is 0 Å². The second kappa shape index (κ2) is 10.7. The monoisotopic (exact) mass is 497 g/mol. The standard InChI is InChI=1S/C35H31NO2/c37-32-23-13-16-28(24-32)34-33(26-38-25-27-14-5-1-6-15-27)36(34)35(29-17-7-2-8-18-29,30-19-9-3-10-20-30)31-21-11-4-12-22-31/h1-24,33-34,37H,25-26H2. The molecule has 1 heterocycles. The molecule has 3 nitrogen and oxygen atoms in total. The Morgan fingerprint density at radius 1 is 0.605 bits per heavy atom. The van der Waals surface area contributed by atoms with Gasteiger partial charge in [-0.05, 0) is 39.9 Å². The average molecular weight is 498 g/mol. The molecule has 0 aromatic heterocycles. The van der Waals surface area contributed by atoms with Crippen LogP contribution in [0.25, 0.3) is 0 Å². The summed E-state index contributed by atoms with van der Waals surface area (Å²) in [5, 5.41) is 10.4. The highest BCUT2D eigenvalue weighted by Gasteiger charge is 2.61. The lowest BCUT2D eigenvalue weighted by Crippen LogP contribution is -2.39. The number of aromatic hydroxyl groups is 1. The minimum atomic E-state index is -0.541. The van der Waals surface area contributed by atoms with Gasteiger partial charge in [0.05, 0.1) is 30.8 Å². The van der Waals surface area contributed by atoms with Crippen molar-refractivity contribution in [2.75, 3.05) is 6.61 Å². The van der Waals surface area contributed by atoms with Crippen LogP contribution in [0.3, 0.4) is 0 Å². The van der Waals surface area contributed by atoms with Gasteiger partial charge in [-0.15, -0.1) is 0 Å². The molecule has 38 heavy (non-hydrogen) atoms. The van der Waals surface area contributed by atoms with Gasteiger partial charge in [-0.2, -0.15) is 0 Å². The molecular weight excluding hydrogens is 466 g/mol. The Bertz CT molecular complexity index is 1360. The predicted molar refractivity (Wildman–Crippen MR) is 152 cm³/mol. The first-order chi connectivity index (χ1) is 18.8. The highest BCUT2D eigenvalue weighted by atomic mass is 16.5. The molecule has 6 rings (SSSR count). The third-order valence-electron chi connectivity index (χ3n) is 7.51. The maximum absolute atomic E-state index is 10.4. The van der Waals surface area contributed by atoms with E-state index in [9.17, 15) is 5.11 Å². The van der Waals surface area contributed by atoms with Gasteiger partial charge in [-0.1, -0.05) is 133 Å². The lowest BCUT2D eigenvalue weighted by molar-refractivity contribution is 0.107. The fourth-order valence-electron chi connectivity index (χ4n) is 5.86. The number of hydrogen-bond acceptors (Lipinski definition) is 3. The van der Waals surface area contributed by atoms with Crippen LogP contribution in [0.4, 0.5) is 0 Å². The van der Waals surface area contributed by atoms with Crippen molar-refractivity contribution in [1.82, 2.24) is 4.90 Å². The summed E-state index contributed by atoms with van der Waals surface area (Å²) in [7, 11) is 0. The molecule has 0 aliphatic carbocycles. The number of rotatable bonds is 9. The maximum atomic E-state index is 10.4. The maximum Gasteiger partial charge on any atom is 0.115 e. The minimum absolute atomic E-state index is 0.0680. The number of phenolic OH excluding ortho intramolecular Hbond substituents is 1. The summed E-state index contributed by atoms with van der Waals surface area (Å²) < 4.78 is 6.35. The van der Waals surface area contributed by atoms with E-state index >= 15 is 0 Å². The normalized spacial score (nSPS) is 18.7. The first kappa shape index (κ1) is 24.2. The molecule has 3 heteroatoms. The third kappa shape index (κ3) is 4.51. The Morgan fingerprint density at radius 3 is 1.61 bits per heavy atom. The zero-order valence-electron chi connectivity index (χ0n) is 21.2. The van der Waals surface area contributed by atoms with Gasteiger partial charge in [0.15, 0.2) is 0 Å². The summed E-state index contributed by atoms with van der Waals surface area (Å²) in [6, 6.07) is 50.4. The second-order valence-corrected chi connectivity index (χ2v) is 9.82. The molecule has 1 saturated heterocycles. The van der Waals surface area contributed by atoms with Crippen LogP contribution in [0.5, 0.6) is 5.75 Å². The SMILES string of the molecule is Oc1cccc(C2C(COCc3ccccc3)N2C(c2ccccc2)(c2ccccc2)c2ccccc2)c1. The van der Waals surface area contributed by atoms with Crippen molar-refractivity contribution in [3.05, 3.63) is 173 Å². The number of phenols is 1. The third-order valence-corrected chi connectivity index (χ3v) is 7.51. The predicted octanol–water partition coefficient (Wildman–Crippen LogP) is 7.33. The van der Waals surface area contributed by atoms with Crippen LogP contribution < -0.4 is 0 Å². The van der Waals surface area contributed by atoms with E-state index < -0.39 is 5.54 Å². The Morgan fingerprint density at radius 2 is 1.11 bits per heavy atom. The molecule has 1 aliphatic heterocycles. The van der Waals surface area contributed by atoms with E-state index in [1.807, 2.05) is 30.3 Å². The topological polar surface area (TPSA) is 32.5 Å². The van der Waals surface area contributed by atoms with Crippen LogP contribution in [0.15, 0.2) is 146 Å². The molecule has 0 spiro atoms. The Balaban J connectivity index is 1.49. The summed E-state index contributed by atoms with van der Waals surface area (Å²) in [5.74, 6) is 0.281. The molecule has 5 aromatic carbocycles. The summed E-state index contributed by atoms with van der Waals surface area (Å²) >= 11 is 0. The number of nitrogens with zero attached hydrogens (tertiary/aromatic N) is 1. The highest BCUT2D eigenvalue weighted by Crippen LogP contribution is 2.58. The Labute approximate surface area is 224 Å².